The first-order chi connectivity index (χ1) is 12.6. The summed E-state index contributed by atoms with van der Waals surface area (Å²) in [6.45, 7) is 4.06. The predicted molar refractivity (Wildman–Crippen MR) is 94.9 cm³/mol. The van der Waals surface area contributed by atoms with E-state index in [1.54, 1.807) is 30.3 Å². The Bertz CT molecular complexity index is 786. The fourth-order valence-electron chi connectivity index (χ4n) is 3.01. The summed E-state index contributed by atoms with van der Waals surface area (Å²) in [5.74, 6) is 0.382. The average Bonchev–Trinajstić information content (AvgIpc) is 2.94. The number of rotatable bonds is 4. The lowest BCUT2D eigenvalue weighted by atomic mass is 10.3. The number of aryl methyl sites for hydroxylation is 1. The summed E-state index contributed by atoms with van der Waals surface area (Å²) < 4.78 is 19.7. The molecule has 1 aliphatic rings. The first kappa shape index (κ1) is 18.0. The van der Waals surface area contributed by atoms with Gasteiger partial charge in [0, 0.05) is 38.4 Å². The van der Waals surface area contributed by atoms with Crippen molar-refractivity contribution in [2.75, 3.05) is 38.2 Å². The minimum atomic E-state index is -0.371. The summed E-state index contributed by atoms with van der Waals surface area (Å²) >= 11 is 0. The zero-order valence-corrected chi connectivity index (χ0v) is 15.0. The topological polar surface area (TPSA) is 71.5 Å². The van der Waals surface area contributed by atoms with Crippen LogP contribution in [0.2, 0.25) is 0 Å². The largest absolute Gasteiger partial charge is 0.497 e. The second-order valence-corrected chi connectivity index (χ2v) is 6.03. The minimum absolute atomic E-state index is 0.150. The third kappa shape index (κ3) is 3.74. The van der Waals surface area contributed by atoms with Gasteiger partial charge in [0.2, 0.25) is 0 Å². The predicted octanol–water partition coefficient (Wildman–Crippen LogP) is 1.93. The van der Waals surface area contributed by atoms with Crippen LogP contribution in [0.25, 0.3) is 0 Å². The highest BCUT2D eigenvalue weighted by Crippen LogP contribution is 2.20. The first-order valence-electron chi connectivity index (χ1n) is 8.67. The number of hydrogen-bond acceptors (Lipinski definition) is 6. The molecule has 8 heteroatoms. The van der Waals surface area contributed by atoms with Gasteiger partial charge in [-0.2, -0.15) is 0 Å². The van der Waals surface area contributed by atoms with Crippen LogP contribution < -0.4 is 9.64 Å². The van der Waals surface area contributed by atoms with E-state index in [0.717, 1.165) is 6.42 Å². The number of ether oxygens (including phenoxy) is 1. The molecule has 7 nitrogen and oxygen atoms in total. The Morgan fingerprint density at radius 1 is 1.23 bits per heavy atom. The number of amides is 1. The maximum Gasteiger partial charge on any atom is 0.272 e. The highest BCUT2D eigenvalue weighted by atomic mass is 19.1. The first-order valence-corrected chi connectivity index (χ1v) is 8.67. The normalized spacial score (nSPS) is 14.9. The molecule has 0 aromatic carbocycles. The molecule has 3 heterocycles. The van der Waals surface area contributed by atoms with Crippen LogP contribution in [0, 0.1) is 5.82 Å². The van der Waals surface area contributed by atoms with Crippen LogP contribution in [0.3, 0.4) is 0 Å². The summed E-state index contributed by atoms with van der Waals surface area (Å²) in [7, 11) is 1.55. The van der Waals surface area contributed by atoms with Gasteiger partial charge in [-0.1, -0.05) is 6.92 Å². The molecule has 0 aliphatic carbocycles. The molecule has 1 fully saturated rings. The molecule has 0 spiro atoms. The van der Waals surface area contributed by atoms with Gasteiger partial charge in [0.15, 0.2) is 11.6 Å². The van der Waals surface area contributed by atoms with E-state index < -0.39 is 0 Å². The molecule has 26 heavy (non-hydrogen) atoms. The summed E-state index contributed by atoms with van der Waals surface area (Å²) in [5.41, 5.74) is 0.757. The number of carbonyl (C=O) groups is 1. The van der Waals surface area contributed by atoms with Gasteiger partial charge in [-0.25, -0.2) is 14.4 Å². The molecule has 0 saturated carbocycles. The van der Waals surface area contributed by atoms with Gasteiger partial charge < -0.3 is 14.5 Å². The summed E-state index contributed by atoms with van der Waals surface area (Å²) in [5, 5.41) is 0. The molecule has 0 bridgehead atoms. The Labute approximate surface area is 151 Å². The third-order valence-corrected chi connectivity index (χ3v) is 4.45. The van der Waals surface area contributed by atoms with Crippen molar-refractivity contribution in [1.29, 1.82) is 0 Å². The number of halogens is 1. The van der Waals surface area contributed by atoms with E-state index in [0.29, 0.717) is 55.6 Å². The monoisotopic (exact) mass is 359 g/mol. The molecule has 1 saturated heterocycles. The Morgan fingerprint density at radius 2 is 2.08 bits per heavy atom. The zero-order chi connectivity index (χ0) is 18.5. The van der Waals surface area contributed by atoms with Gasteiger partial charge in [-0.3, -0.25) is 9.78 Å². The number of aromatic nitrogens is 3. The van der Waals surface area contributed by atoms with Crippen LogP contribution in [0.5, 0.6) is 5.75 Å². The van der Waals surface area contributed by atoms with Crippen molar-refractivity contribution in [3.05, 3.63) is 41.9 Å². The van der Waals surface area contributed by atoms with Crippen LogP contribution in [0.15, 0.2) is 24.7 Å². The molecular weight excluding hydrogens is 337 g/mol. The maximum absolute atomic E-state index is 14.5. The van der Waals surface area contributed by atoms with Crippen molar-refractivity contribution in [3.8, 4) is 5.75 Å². The lowest BCUT2D eigenvalue weighted by Crippen LogP contribution is -2.36. The van der Waals surface area contributed by atoms with E-state index >= 15 is 0 Å². The smallest absolute Gasteiger partial charge is 0.272 e. The molecule has 138 valence electrons. The van der Waals surface area contributed by atoms with Crippen LogP contribution in [0.4, 0.5) is 10.2 Å². The third-order valence-electron chi connectivity index (χ3n) is 4.45. The highest BCUT2D eigenvalue weighted by molar-refractivity contribution is 5.92. The Kier molecular flexibility index (Phi) is 5.60. The number of nitrogens with zero attached hydrogens (tertiary/aromatic N) is 5. The molecule has 1 amide bonds. The van der Waals surface area contributed by atoms with Crippen LogP contribution >= 0.6 is 0 Å². The number of carbonyl (C=O) groups excluding carboxylic acids is 1. The van der Waals surface area contributed by atoms with Crippen LogP contribution in [-0.2, 0) is 6.42 Å². The average molecular weight is 359 g/mol. The zero-order valence-electron chi connectivity index (χ0n) is 15.0. The number of methoxy groups -OCH3 is 1. The van der Waals surface area contributed by atoms with Gasteiger partial charge in [-0.15, -0.1) is 0 Å². The van der Waals surface area contributed by atoms with Crippen molar-refractivity contribution in [3.63, 3.8) is 0 Å². The van der Waals surface area contributed by atoms with Gasteiger partial charge in [0.1, 0.15) is 17.8 Å². The lowest BCUT2D eigenvalue weighted by Gasteiger charge is -2.23. The van der Waals surface area contributed by atoms with Crippen molar-refractivity contribution >= 4 is 11.7 Å². The van der Waals surface area contributed by atoms with Crippen molar-refractivity contribution < 1.29 is 13.9 Å². The molecule has 2 aromatic heterocycles. The van der Waals surface area contributed by atoms with E-state index in [4.69, 9.17) is 4.74 Å². The lowest BCUT2D eigenvalue weighted by molar-refractivity contribution is 0.0760. The summed E-state index contributed by atoms with van der Waals surface area (Å²) in [6.07, 6.45) is 4.19. The van der Waals surface area contributed by atoms with Crippen molar-refractivity contribution in [1.82, 2.24) is 19.9 Å². The van der Waals surface area contributed by atoms with Crippen LogP contribution in [-0.4, -0.2) is 59.0 Å². The van der Waals surface area contributed by atoms with Gasteiger partial charge in [0.25, 0.3) is 5.91 Å². The molecule has 0 radical (unpaired) electrons. The SMILES string of the molecule is CCc1ncnc(N2CCCN(C(=O)c3cc(OC)ccn3)CC2)c1F. The number of hydrogen-bond donors (Lipinski definition) is 0. The maximum atomic E-state index is 14.5. The Hall–Kier alpha value is -2.77. The molecule has 2 aromatic rings. The van der Waals surface area contributed by atoms with E-state index in [2.05, 4.69) is 15.0 Å². The molecule has 1 aliphatic heterocycles. The number of anilines is 1. The van der Waals surface area contributed by atoms with E-state index in [1.165, 1.54) is 6.33 Å². The van der Waals surface area contributed by atoms with E-state index in [1.807, 2.05) is 11.8 Å². The molecule has 0 atom stereocenters. The second kappa shape index (κ2) is 8.07. The molecule has 0 unspecified atom stereocenters. The second-order valence-electron chi connectivity index (χ2n) is 6.03. The molecular formula is C18H22FN5O2. The molecule has 0 N–H and O–H groups in total. The Balaban J connectivity index is 1.73. The van der Waals surface area contributed by atoms with Gasteiger partial charge in [-0.05, 0) is 18.9 Å². The summed E-state index contributed by atoms with van der Waals surface area (Å²) in [4.78, 5) is 28.6. The highest BCUT2D eigenvalue weighted by Gasteiger charge is 2.24. The quantitative estimate of drug-likeness (QED) is 0.831. The van der Waals surface area contributed by atoms with Crippen LogP contribution in [0.1, 0.15) is 29.5 Å². The van der Waals surface area contributed by atoms with E-state index in [-0.39, 0.29) is 11.7 Å². The number of pyridine rings is 1. The summed E-state index contributed by atoms with van der Waals surface area (Å²) in [6, 6.07) is 3.33. The van der Waals surface area contributed by atoms with E-state index in [9.17, 15) is 9.18 Å². The molecule has 3 rings (SSSR count). The van der Waals surface area contributed by atoms with Gasteiger partial charge in [0.05, 0.1) is 12.8 Å². The standard InChI is InChI=1S/C18H22FN5O2/c1-3-14-16(19)17(22-12-21-14)23-7-4-8-24(10-9-23)18(25)15-11-13(26-2)5-6-20-15/h5-6,11-12H,3-4,7-10H2,1-2H3. The van der Waals surface area contributed by atoms with Gasteiger partial charge >= 0.3 is 0 Å². The fraction of sp³-hybridized carbons (Fsp3) is 0.444. The van der Waals surface area contributed by atoms with Crippen molar-refractivity contribution in [2.45, 2.75) is 19.8 Å². The Morgan fingerprint density at radius 3 is 2.85 bits per heavy atom. The van der Waals surface area contributed by atoms with Crippen molar-refractivity contribution in [2.24, 2.45) is 0 Å². The minimum Gasteiger partial charge on any atom is -0.497 e. The fourth-order valence-corrected chi connectivity index (χ4v) is 3.01.